The number of carbonyl (C=O) groups excluding carboxylic acids is 1. The molecule has 0 saturated heterocycles. The molecule has 8 nitrogen and oxygen atoms in total. The summed E-state index contributed by atoms with van der Waals surface area (Å²) in [7, 11) is 1.76. The number of nitrogens with one attached hydrogen (secondary N) is 2. The number of benzene rings is 1. The van der Waals surface area contributed by atoms with Gasteiger partial charge in [0.25, 0.3) is 5.91 Å². The molecule has 0 saturated carbocycles. The zero-order chi connectivity index (χ0) is 17.6. The predicted molar refractivity (Wildman–Crippen MR) is 91.7 cm³/mol. The lowest BCUT2D eigenvalue weighted by Crippen LogP contribution is -2.12. The number of amides is 1. The van der Waals surface area contributed by atoms with Crippen molar-refractivity contribution in [3.8, 4) is 0 Å². The number of H-pyrrole nitrogens is 1. The number of aromatic nitrogens is 4. The third kappa shape index (κ3) is 2.49. The summed E-state index contributed by atoms with van der Waals surface area (Å²) in [4.78, 5) is 30.7. The van der Waals surface area contributed by atoms with Gasteiger partial charge in [0.15, 0.2) is 5.65 Å². The Bertz CT molecular complexity index is 1140. The van der Waals surface area contributed by atoms with Crippen LogP contribution < -0.4 is 5.32 Å². The summed E-state index contributed by atoms with van der Waals surface area (Å²) in [5.74, 6) is -1.31. The number of carboxylic acids is 1. The lowest BCUT2D eigenvalue weighted by atomic mass is 10.1. The highest BCUT2D eigenvalue weighted by molar-refractivity contribution is 6.12. The molecular weight excluding hydrogens is 322 g/mol. The van der Waals surface area contributed by atoms with Gasteiger partial charge in [-0.1, -0.05) is 0 Å². The van der Waals surface area contributed by atoms with Crippen LogP contribution in [0.25, 0.3) is 21.9 Å². The molecule has 25 heavy (non-hydrogen) atoms. The van der Waals surface area contributed by atoms with Gasteiger partial charge in [-0.3, -0.25) is 9.48 Å². The number of hydrogen-bond donors (Lipinski definition) is 3. The molecule has 0 atom stereocenters. The fraction of sp³-hybridized carbons (Fsp3) is 0.0588. The molecule has 124 valence electrons. The number of carbonyl (C=O) groups is 2. The normalized spacial score (nSPS) is 11.1. The zero-order valence-corrected chi connectivity index (χ0v) is 13.1. The molecule has 0 spiro atoms. The number of carboxylic acid groups (broad SMARTS) is 1. The van der Waals surface area contributed by atoms with Crippen molar-refractivity contribution in [3.63, 3.8) is 0 Å². The summed E-state index contributed by atoms with van der Waals surface area (Å²) in [6, 6.07) is 8.32. The van der Waals surface area contributed by atoms with Crippen LogP contribution in [-0.4, -0.2) is 36.7 Å². The fourth-order valence-corrected chi connectivity index (χ4v) is 2.77. The van der Waals surface area contributed by atoms with Gasteiger partial charge in [-0.15, -0.1) is 0 Å². The molecule has 3 N–H and O–H groups in total. The van der Waals surface area contributed by atoms with Crippen LogP contribution in [-0.2, 0) is 7.05 Å². The highest BCUT2D eigenvalue weighted by atomic mass is 16.4. The molecule has 3 heterocycles. The average Bonchev–Trinajstić information content (AvgIpc) is 3.18. The molecule has 4 aromatic rings. The Morgan fingerprint density at radius 1 is 1.24 bits per heavy atom. The number of aromatic carboxylic acids is 1. The largest absolute Gasteiger partial charge is 0.477 e. The maximum absolute atomic E-state index is 12.6. The highest BCUT2D eigenvalue weighted by Crippen LogP contribution is 2.22. The van der Waals surface area contributed by atoms with Gasteiger partial charge in [-0.2, -0.15) is 5.10 Å². The second-order valence-electron chi connectivity index (χ2n) is 5.61. The summed E-state index contributed by atoms with van der Waals surface area (Å²) in [5.41, 5.74) is 2.46. The topological polar surface area (TPSA) is 113 Å². The Kier molecular flexibility index (Phi) is 3.24. The van der Waals surface area contributed by atoms with Gasteiger partial charge in [-0.05, 0) is 30.3 Å². The molecule has 4 rings (SSSR count). The Morgan fingerprint density at radius 2 is 2.08 bits per heavy atom. The van der Waals surface area contributed by atoms with Gasteiger partial charge in [0, 0.05) is 29.8 Å². The Hall–Kier alpha value is -3.68. The quantitative estimate of drug-likeness (QED) is 0.532. The predicted octanol–water partition coefficient (Wildman–Crippen LogP) is 2.40. The highest BCUT2D eigenvalue weighted by Gasteiger charge is 2.14. The van der Waals surface area contributed by atoms with E-state index in [2.05, 4.69) is 20.4 Å². The monoisotopic (exact) mass is 335 g/mol. The maximum atomic E-state index is 12.6. The number of aryl methyl sites for hydroxylation is 1. The third-order valence-corrected chi connectivity index (χ3v) is 3.99. The van der Waals surface area contributed by atoms with Crippen LogP contribution in [0, 0.1) is 0 Å². The van der Waals surface area contributed by atoms with Crippen molar-refractivity contribution < 1.29 is 14.7 Å². The van der Waals surface area contributed by atoms with Crippen molar-refractivity contribution >= 4 is 39.5 Å². The summed E-state index contributed by atoms with van der Waals surface area (Å²) in [6.07, 6.45) is 3.17. The van der Waals surface area contributed by atoms with Crippen molar-refractivity contribution in [2.75, 3.05) is 5.32 Å². The average molecular weight is 335 g/mol. The first kappa shape index (κ1) is 14.9. The second kappa shape index (κ2) is 5.45. The van der Waals surface area contributed by atoms with E-state index >= 15 is 0 Å². The Labute approximate surface area is 141 Å². The second-order valence-corrected chi connectivity index (χ2v) is 5.61. The van der Waals surface area contributed by atoms with E-state index in [0.717, 1.165) is 0 Å². The lowest BCUT2D eigenvalue weighted by Gasteiger charge is -2.06. The van der Waals surface area contributed by atoms with E-state index in [1.807, 2.05) is 0 Å². The molecule has 0 fully saturated rings. The molecule has 0 aliphatic carbocycles. The number of rotatable bonds is 3. The van der Waals surface area contributed by atoms with Crippen LogP contribution in [0.2, 0.25) is 0 Å². The third-order valence-electron chi connectivity index (χ3n) is 3.99. The van der Waals surface area contributed by atoms with E-state index in [4.69, 9.17) is 5.11 Å². The lowest BCUT2D eigenvalue weighted by molar-refractivity contribution is 0.0691. The van der Waals surface area contributed by atoms with Gasteiger partial charge < -0.3 is 15.4 Å². The summed E-state index contributed by atoms with van der Waals surface area (Å²) < 4.78 is 1.60. The van der Waals surface area contributed by atoms with Crippen LogP contribution >= 0.6 is 0 Å². The minimum Gasteiger partial charge on any atom is -0.477 e. The molecule has 0 radical (unpaired) electrons. The van der Waals surface area contributed by atoms with Gasteiger partial charge in [-0.25, -0.2) is 9.78 Å². The first-order valence-electron chi connectivity index (χ1n) is 7.47. The minimum atomic E-state index is -1.03. The van der Waals surface area contributed by atoms with Crippen molar-refractivity contribution in [2.24, 2.45) is 7.05 Å². The molecule has 1 amide bonds. The molecule has 0 aliphatic heterocycles. The number of fused-ring (bicyclic) bond motifs is 2. The van der Waals surface area contributed by atoms with Gasteiger partial charge in [0.05, 0.1) is 17.1 Å². The van der Waals surface area contributed by atoms with Crippen LogP contribution in [0.5, 0.6) is 0 Å². The van der Waals surface area contributed by atoms with Gasteiger partial charge in [0.2, 0.25) is 0 Å². The standard InChI is InChI=1S/C17H13N5O3/c1-22-15-12(8-19-22)11(4-5-18-15)16(23)20-10-2-3-13-9(6-10)7-14(21-13)17(24)25/h2-8,21H,1H3,(H,20,23)(H,24,25). The first-order valence-corrected chi connectivity index (χ1v) is 7.47. The maximum Gasteiger partial charge on any atom is 0.352 e. The van der Waals surface area contributed by atoms with Crippen molar-refractivity contribution in [1.29, 1.82) is 0 Å². The Morgan fingerprint density at radius 3 is 2.88 bits per heavy atom. The van der Waals surface area contributed by atoms with E-state index in [1.165, 1.54) is 6.07 Å². The first-order chi connectivity index (χ1) is 12.0. The Balaban J connectivity index is 1.68. The van der Waals surface area contributed by atoms with E-state index in [-0.39, 0.29) is 11.6 Å². The van der Waals surface area contributed by atoms with Crippen molar-refractivity contribution in [3.05, 3.63) is 54.0 Å². The SMILES string of the molecule is Cn1ncc2c(C(=O)Nc3ccc4[nH]c(C(=O)O)cc4c3)ccnc21. The number of aromatic amines is 1. The number of hydrogen-bond acceptors (Lipinski definition) is 4. The fourth-order valence-electron chi connectivity index (χ4n) is 2.77. The summed E-state index contributed by atoms with van der Waals surface area (Å²) >= 11 is 0. The molecule has 1 aromatic carbocycles. The summed E-state index contributed by atoms with van der Waals surface area (Å²) in [6.45, 7) is 0. The van der Waals surface area contributed by atoms with Gasteiger partial charge >= 0.3 is 5.97 Å². The van der Waals surface area contributed by atoms with Crippen molar-refractivity contribution in [1.82, 2.24) is 19.7 Å². The molecule has 8 heteroatoms. The van der Waals surface area contributed by atoms with E-state index in [0.29, 0.717) is 33.2 Å². The molecule has 3 aromatic heterocycles. The van der Waals surface area contributed by atoms with Crippen LogP contribution in [0.15, 0.2) is 42.7 Å². The zero-order valence-electron chi connectivity index (χ0n) is 13.1. The summed E-state index contributed by atoms with van der Waals surface area (Å²) in [5, 5.41) is 17.4. The van der Waals surface area contributed by atoms with Crippen LogP contribution in [0.4, 0.5) is 5.69 Å². The smallest absolute Gasteiger partial charge is 0.352 e. The van der Waals surface area contributed by atoms with Crippen LogP contribution in [0.1, 0.15) is 20.8 Å². The van der Waals surface area contributed by atoms with E-state index in [1.54, 1.807) is 48.4 Å². The van der Waals surface area contributed by atoms with Gasteiger partial charge in [0.1, 0.15) is 5.69 Å². The van der Waals surface area contributed by atoms with Crippen molar-refractivity contribution in [2.45, 2.75) is 0 Å². The number of pyridine rings is 1. The molecule has 0 unspecified atom stereocenters. The van der Waals surface area contributed by atoms with E-state index in [9.17, 15) is 9.59 Å². The minimum absolute atomic E-state index is 0.102. The van der Waals surface area contributed by atoms with E-state index < -0.39 is 5.97 Å². The molecule has 0 aliphatic rings. The number of anilines is 1. The molecule has 0 bridgehead atoms. The van der Waals surface area contributed by atoms with Crippen LogP contribution in [0.3, 0.4) is 0 Å². The molecular formula is C17H13N5O3. The number of nitrogens with zero attached hydrogens (tertiary/aromatic N) is 3.